The topological polar surface area (TPSA) is 114 Å². The van der Waals surface area contributed by atoms with E-state index in [0.29, 0.717) is 11.4 Å². The Labute approximate surface area is 165 Å². The van der Waals surface area contributed by atoms with Gasteiger partial charge in [-0.15, -0.1) is 18.2 Å². The van der Waals surface area contributed by atoms with E-state index >= 15 is 0 Å². The van der Waals surface area contributed by atoms with Gasteiger partial charge in [-0.1, -0.05) is 0 Å². The Hall–Kier alpha value is -2.35. The van der Waals surface area contributed by atoms with Gasteiger partial charge in [0.15, 0.2) is 0 Å². The van der Waals surface area contributed by atoms with E-state index in [4.69, 9.17) is 9.29 Å². The molecule has 0 aliphatic heterocycles. The van der Waals surface area contributed by atoms with Crippen molar-refractivity contribution in [3.63, 3.8) is 0 Å². The minimum Gasteiger partial charge on any atom is -0.521 e. The molecule has 134 valence electrons. The predicted molar refractivity (Wildman–Crippen MR) is 90.2 cm³/mol. The van der Waals surface area contributed by atoms with Crippen molar-refractivity contribution < 1.29 is 34.6 Å². The summed E-state index contributed by atoms with van der Waals surface area (Å²) in [7, 11) is 1.45. The van der Waals surface area contributed by atoms with Crippen LogP contribution in [0.5, 0.6) is 5.75 Å². The number of hydrogen-bond acceptors (Lipinski definition) is 5. The van der Waals surface area contributed by atoms with Gasteiger partial charge in [-0.3, -0.25) is 9.78 Å². The Bertz CT molecular complexity index is 975. The Morgan fingerprint density at radius 1 is 1.19 bits per heavy atom. The van der Waals surface area contributed by atoms with E-state index in [-0.39, 0.29) is 26.0 Å². The van der Waals surface area contributed by atoms with Crippen molar-refractivity contribution in [1.82, 2.24) is 14.8 Å². The Morgan fingerprint density at radius 2 is 1.85 bits per heavy atom. The fourth-order valence-electron chi connectivity index (χ4n) is 1.76. The molecule has 0 fully saturated rings. The quantitative estimate of drug-likeness (QED) is 0.374. The molecule has 0 amide bonds. The average molecular weight is 543 g/mol. The number of ether oxygens (including phenoxy) is 1. The van der Waals surface area contributed by atoms with E-state index < -0.39 is 22.3 Å². The van der Waals surface area contributed by atoms with Crippen molar-refractivity contribution in [1.29, 1.82) is 0 Å². The van der Waals surface area contributed by atoms with Gasteiger partial charge in [-0.25, -0.2) is 13.7 Å². The molecule has 2 aromatic carbocycles. The number of H-pyrrole nitrogens is 1. The molecular formula is C16H13N3O5SW. The molecule has 10 heteroatoms. The molecule has 8 nitrogen and oxygen atoms in total. The molecule has 1 heterocycles. The van der Waals surface area contributed by atoms with E-state index in [9.17, 15) is 13.8 Å². The minimum absolute atomic E-state index is 0. The van der Waals surface area contributed by atoms with E-state index in [0.717, 1.165) is 10.9 Å². The molecule has 0 aliphatic rings. The summed E-state index contributed by atoms with van der Waals surface area (Å²) in [6.45, 7) is 0. The van der Waals surface area contributed by atoms with Gasteiger partial charge in [0, 0.05) is 5.75 Å². The van der Waals surface area contributed by atoms with Crippen molar-refractivity contribution in [2.75, 3.05) is 7.11 Å². The Morgan fingerprint density at radius 3 is 2.38 bits per heavy atom. The number of methoxy groups -OCH3 is 1. The van der Waals surface area contributed by atoms with Crippen LogP contribution in [0.15, 0.2) is 63.1 Å². The second-order valence-electron chi connectivity index (χ2n) is 4.44. The first kappa shape index (κ1) is 21.7. The van der Waals surface area contributed by atoms with Crippen LogP contribution in [-0.2, 0) is 32.1 Å². The van der Waals surface area contributed by atoms with Crippen LogP contribution < -0.4 is 16.0 Å². The van der Waals surface area contributed by atoms with Crippen molar-refractivity contribution in [3.05, 3.63) is 81.6 Å². The third kappa shape index (κ3) is 5.87. The molecule has 2 N–H and O–H groups in total. The summed E-state index contributed by atoms with van der Waals surface area (Å²) < 4.78 is 25.2. The second-order valence-corrected chi connectivity index (χ2v) is 5.37. The second kappa shape index (κ2) is 10.6. The van der Waals surface area contributed by atoms with Crippen molar-refractivity contribution in [2.45, 2.75) is 4.90 Å². The third-order valence-electron chi connectivity index (χ3n) is 2.85. The van der Waals surface area contributed by atoms with Crippen LogP contribution in [0.4, 0.5) is 0 Å². The number of nitrogens with zero attached hydrogens (tertiary/aromatic N) is 2. The molecule has 0 spiro atoms. The van der Waals surface area contributed by atoms with Gasteiger partial charge in [0.2, 0.25) is 0 Å². The van der Waals surface area contributed by atoms with E-state index in [1.54, 1.807) is 36.4 Å². The molecular weight excluding hydrogens is 530 g/mol. The van der Waals surface area contributed by atoms with Crippen LogP contribution in [0.1, 0.15) is 0 Å². The summed E-state index contributed by atoms with van der Waals surface area (Å²) >= 11 is -2.00. The standard InChI is InChI=1S/C9H6N3O2.C7H7O3S.W/c13-8-6-10-12(9(14)11-8)7-4-2-1-3-5-7;1-10-6-4-2-3-5-7(6)11(8)9;/h2-6H,(H,11,13,14);2,4-5H,1H3,(H,8,9);/q2*-1;+2. The van der Waals surface area contributed by atoms with Gasteiger partial charge in [-0.2, -0.15) is 41.5 Å². The fraction of sp³-hybridized carbons (Fsp3) is 0.0625. The number of hydrogen-bond donors (Lipinski definition) is 2. The third-order valence-corrected chi connectivity index (χ3v) is 3.55. The molecule has 26 heavy (non-hydrogen) atoms. The summed E-state index contributed by atoms with van der Waals surface area (Å²) in [5, 5.41) is 3.69. The van der Waals surface area contributed by atoms with Gasteiger partial charge in [0.25, 0.3) is 5.56 Å². The van der Waals surface area contributed by atoms with Crippen molar-refractivity contribution in [3.8, 4) is 11.4 Å². The number of nitrogens with one attached hydrogen (secondary N) is 1. The minimum atomic E-state index is -2.00. The first-order valence-electron chi connectivity index (χ1n) is 6.83. The summed E-state index contributed by atoms with van der Waals surface area (Å²) in [6, 6.07) is 16.8. The molecule has 3 rings (SSSR count). The number of rotatable bonds is 3. The van der Waals surface area contributed by atoms with E-state index in [2.05, 4.69) is 22.2 Å². The van der Waals surface area contributed by atoms with Crippen LogP contribution >= 0.6 is 0 Å². The molecule has 0 bridgehead atoms. The maximum absolute atomic E-state index is 11.3. The monoisotopic (exact) mass is 543 g/mol. The van der Waals surface area contributed by atoms with Crippen LogP contribution in [0.3, 0.4) is 0 Å². The van der Waals surface area contributed by atoms with Crippen LogP contribution in [0.2, 0.25) is 0 Å². The normalized spacial score (nSPS) is 10.7. The molecule has 0 radical (unpaired) electrons. The summed E-state index contributed by atoms with van der Waals surface area (Å²) in [4.78, 5) is 24.4. The zero-order valence-electron chi connectivity index (χ0n) is 13.4. The largest absolute Gasteiger partial charge is 2.00 e. The molecule has 1 aromatic heterocycles. The maximum Gasteiger partial charge on any atom is 2.00 e. The average Bonchev–Trinajstić information content (AvgIpc) is 2.63. The summed E-state index contributed by atoms with van der Waals surface area (Å²) in [5.74, 6) is 0.407. The zero-order valence-corrected chi connectivity index (χ0v) is 17.2. The van der Waals surface area contributed by atoms with Gasteiger partial charge >= 0.3 is 26.8 Å². The predicted octanol–water partition coefficient (Wildman–Crippen LogP) is 0.794. The molecule has 0 aliphatic carbocycles. The fourth-order valence-corrected chi connectivity index (χ4v) is 2.25. The van der Waals surface area contributed by atoms with E-state index in [1.807, 2.05) is 0 Å². The smallest absolute Gasteiger partial charge is 0.521 e. The first-order chi connectivity index (χ1) is 12.0. The first-order valence-corrected chi connectivity index (χ1v) is 7.93. The van der Waals surface area contributed by atoms with Gasteiger partial charge in [-0.05, 0) is 10.6 Å². The molecule has 1 unspecified atom stereocenters. The molecule has 0 saturated heterocycles. The number of aromatic nitrogens is 3. The molecule has 1 atom stereocenters. The van der Waals surface area contributed by atoms with Crippen molar-refractivity contribution >= 4 is 11.1 Å². The summed E-state index contributed by atoms with van der Waals surface area (Å²) in [5.41, 5.74) is -0.470. The molecule has 3 aromatic rings. The van der Waals surface area contributed by atoms with Gasteiger partial charge in [0.1, 0.15) is 17.3 Å². The van der Waals surface area contributed by atoms with E-state index in [1.165, 1.54) is 13.2 Å². The molecule has 0 saturated carbocycles. The number of benzene rings is 2. The van der Waals surface area contributed by atoms with Gasteiger partial charge in [0.05, 0.1) is 7.11 Å². The SMILES string of the molecule is COc1cc[c-]cc1S(=O)O.O=c1cnn(-c2cc[c-]cc2)c(=O)[nH]1.[W+2]. The van der Waals surface area contributed by atoms with Gasteiger partial charge < -0.3 is 9.29 Å². The van der Waals surface area contributed by atoms with Crippen LogP contribution in [0.25, 0.3) is 5.69 Å². The zero-order chi connectivity index (χ0) is 18.2. The number of aromatic amines is 1. The summed E-state index contributed by atoms with van der Waals surface area (Å²) in [6.07, 6.45) is 1.05. The van der Waals surface area contributed by atoms with Crippen LogP contribution in [0, 0.1) is 12.1 Å². The maximum atomic E-state index is 11.3. The van der Waals surface area contributed by atoms with Crippen LogP contribution in [-0.4, -0.2) is 30.6 Å². The van der Waals surface area contributed by atoms with Crippen molar-refractivity contribution in [2.24, 2.45) is 0 Å². The Kier molecular flexibility index (Phi) is 8.84. The Balaban J connectivity index is 0.000000258.